The fourth-order valence-electron chi connectivity index (χ4n) is 3.22. The first kappa shape index (κ1) is 18.7. The molecule has 8 nitrogen and oxygen atoms in total. The Hall–Kier alpha value is -4.29. The van der Waals surface area contributed by atoms with E-state index in [0.29, 0.717) is 23.8 Å². The number of nitriles is 1. The Labute approximate surface area is 181 Å². The van der Waals surface area contributed by atoms with Gasteiger partial charge in [-0.2, -0.15) is 10.5 Å². The number of rotatable bonds is 6. The molecule has 0 aliphatic carbocycles. The lowest BCUT2D eigenvalue weighted by atomic mass is 10.0. The first-order valence-electron chi connectivity index (χ1n) is 9.40. The minimum Gasteiger partial charge on any atom is -0.472 e. The SMILES string of the molecule is N#Cc1c(-c2ccoc2)cc(-c2cccs2)nc1NCc1ccc(-c2nn[nH]n2)cc1. The predicted octanol–water partition coefficient (Wildman–Crippen LogP) is 4.73. The number of nitrogens with one attached hydrogen (secondary N) is 2. The van der Waals surface area contributed by atoms with Crippen molar-refractivity contribution in [2.45, 2.75) is 6.54 Å². The van der Waals surface area contributed by atoms with Crippen LogP contribution in [0.15, 0.2) is 70.9 Å². The van der Waals surface area contributed by atoms with Gasteiger partial charge in [-0.1, -0.05) is 30.3 Å². The molecule has 4 heterocycles. The van der Waals surface area contributed by atoms with Crippen molar-refractivity contribution >= 4 is 17.2 Å². The lowest BCUT2D eigenvalue weighted by Gasteiger charge is -2.13. The van der Waals surface area contributed by atoms with Gasteiger partial charge in [-0.15, -0.1) is 21.5 Å². The van der Waals surface area contributed by atoms with Crippen molar-refractivity contribution in [1.29, 1.82) is 5.26 Å². The van der Waals surface area contributed by atoms with Crippen LogP contribution in [0.3, 0.4) is 0 Å². The van der Waals surface area contributed by atoms with Crippen molar-refractivity contribution in [1.82, 2.24) is 25.6 Å². The molecule has 0 spiro atoms. The van der Waals surface area contributed by atoms with Crippen LogP contribution < -0.4 is 5.32 Å². The van der Waals surface area contributed by atoms with Crippen molar-refractivity contribution in [3.8, 4) is 39.2 Å². The molecule has 31 heavy (non-hydrogen) atoms. The van der Waals surface area contributed by atoms with E-state index in [1.165, 1.54) is 0 Å². The van der Waals surface area contributed by atoms with Crippen LogP contribution in [0.25, 0.3) is 33.1 Å². The van der Waals surface area contributed by atoms with Gasteiger partial charge in [-0.25, -0.2) is 4.98 Å². The number of benzene rings is 1. The van der Waals surface area contributed by atoms with Crippen LogP contribution in [0.4, 0.5) is 5.82 Å². The van der Waals surface area contributed by atoms with E-state index in [4.69, 9.17) is 9.40 Å². The quantitative estimate of drug-likeness (QED) is 0.404. The van der Waals surface area contributed by atoms with Gasteiger partial charge < -0.3 is 9.73 Å². The summed E-state index contributed by atoms with van der Waals surface area (Å²) in [6.45, 7) is 0.507. The lowest BCUT2D eigenvalue weighted by Crippen LogP contribution is -2.05. The molecule has 0 amide bonds. The molecular formula is C22H15N7OS. The number of thiophene rings is 1. The number of aromatic amines is 1. The highest BCUT2D eigenvalue weighted by Gasteiger charge is 2.16. The summed E-state index contributed by atoms with van der Waals surface area (Å²) in [6.07, 6.45) is 3.23. The molecule has 0 bridgehead atoms. The Morgan fingerprint density at radius 2 is 2.03 bits per heavy atom. The molecule has 0 atom stereocenters. The molecule has 0 fully saturated rings. The highest BCUT2D eigenvalue weighted by Crippen LogP contribution is 2.34. The second kappa shape index (κ2) is 8.22. The van der Waals surface area contributed by atoms with E-state index < -0.39 is 0 Å². The molecule has 4 aromatic heterocycles. The van der Waals surface area contributed by atoms with Crippen LogP contribution in [0.2, 0.25) is 0 Å². The molecule has 2 N–H and O–H groups in total. The smallest absolute Gasteiger partial charge is 0.204 e. The van der Waals surface area contributed by atoms with Crippen molar-refractivity contribution in [3.63, 3.8) is 0 Å². The molecule has 1 aromatic carbocycles. The van der Waals surface area contributed by atoms with Gasteiger partial charge in [0.25, 0.3) is 0 Å². The summed E-state index contributed by atoms with van der Waals surface area (Å²) in [5, 5.41) is 29.2. The fourth-order valence-corrected chi connectivity index (χ4v) is 3.91. The van der Waals surface area contributed by atoms with Crippen molar-refractivity contribution in [3.05, 3.63) is 77.6 Å². The van der Waals surface area contributed by atoms with Crippen LogP contribution in [-0.2, 0) is 6.54 Å². The Balaban J connectivity index is 1.47. The molecule has 0 saturated carbocycles. The van der Waals surface area contributed by atoms with E-state index in [9.17, 15) is 5.26 Å². The third-order valence-electron chi connectivity index (χ3n) is 4.75. The van der Waals surface area contributed by atoms with Gasteiger partial charge >= 0.3 is 0 Å². The normalized spacial score (nSPS) is 10.7. The van der Waals surface area contributed by atoms with Crippen LogP contribution >= 0.6 is 11.3 Å². The van der Waals surface area contributed by atoms with Crippen molar-refractivity contribution < 1.29 is 4.42 Å². The zero-order valence-electron chi connectivity index (χ0n) is 16.1. The van der Waals surface area contributed by atoms with E-state index in [-0.39, 0.29) is 0 Å². The second-order valence-corrected chi connectivity index (χ2v) is 7.61. The van der Waals surface area contributed by atoms with Gasteiger partial charge in [-0.3, -0.25) is 0 Å². The summed E-state index contributed by atoms with van der Waals surface area (Å²) >= 11 is 1.60. The molecular weight excluding hydrogens is 410 g/mol. The number of H-pyrrole nitrogens is 1. The number of pyridine rings is 1. The minimum atomic E-state index is 0.477. The van der Waals surface area contributed by atoms with E-state index in [2.05, 4.69) is 32.0 Å². The molecule has 0 unspecified atom stereocenters. The first-order valence-corrected chi connectivity index (χ1v) is 10.3. The monoisotopic (exact) mass is 425 g/mol. The van der Waals surface area contributed by atoms with Crippen LogP contribution in [0, 0.1) is 11.3 Å². The van der Waals surface area contributed by atoms with E-state index in [1.54, 1.807) is 23.9 Å². The number of hydrogen-bond donors (Lipinski definition) is 2. The van der Waals surface area contributed by atoms with Gasteiger partial charge in [-0.05, 0) is 34.4 Å². The topological polar surface area (TPSA) is 116 Å². The van der Waals surface area contributed by atoms with Crippen LogP contribution in [-0.4, -0.2) is 25.6 Å². The summed E-state index contributed by atoms with van der Waals surface area (Å²) < 4.78 is 5.25. The third-order valence-corrected chi connectivity index (χ3v) is 5.65. The number of anilines is 1. The molecule has 0 saturated heterocycles. The molecule has 150 valence electrons. The maximum absolute atomic E-state index is 9.88. The standard InChI is InChI=1S/C22H15N7OS/c23-11-18-17(16-7-8-30-13-16)10-19(20-2-1-9-31-20)25-22(18)24-12-14-3-5-15(6-4-14)21-26-28-29-27-21/h1-10,13H,12H2,(H,24,25)(H,26,27,28,29). The van der Waals surface area contributed by atoms with E-state index in [1.807, 2.05) is 53.9 Å². The molecule has 0 aliphatic rings. The molecule has 5 aromatic rings. The number of aromatic nitrogens is 5. The fraction of sp³-hybridized carbons (Fsp3) is 0.0455. The summed E-state index contributed by atoms with van der Waals surface area (Å²) in [4.78, 5) is 5.77. The number of furan rings is 1. The maximum Gasteiger partial charge on any atom is 0.204 e. The number of hydrogen-bond acceptors (Lipinski definition) is 8. The first-order chi connectivity index (χ1) is 15.3. The highest BCUT2D eigenvalue weighted by atomic mass is 32.1. The molecule has 0 radical (unpaired) electrons. The van der Waals surface area contributed by atoms with Gasteiger partial charge in [0.05, 0.1) is 23.1 Å². The van der Waals surface area contributed by atoms with Gasteiger partial charge in [0.15, 0.2) is 0 Å². The maximum atomic E-state index is 9.88. The number of nitrogens with zero attached hydrogens (tertiary/aromatic N) is 5. The molecule has 0 aliphatic heterocycles. The third kappa shape index (κ3) is 3.80. The lowest BCUT2D eigenvalue weighted by molar-refractivity contribution is 0.568. The van der Waals surface area contributed by atoms with Crippen LogP contribution in [0.5, 0.6) is 0 Å². The summed E-state index contributed by atoms with van der Waals surface area (Å²) in [5.74, 6) is 1.08. The Bertz CT molecular complexity index is 1320. The molecule has 9 heteroatoms. The number of tetrazole rings is 1. The Morgan fingerprint density at radius 3 is 2.71 bits per heavy atom. The Morgan fingerprint density at radius 1 is 1.13 bits per heavy atom. The minimum absolute atomic E-state index is 0.477. The zero-order chi connectivity index (χ0) is 21.0. The summed E-state index contributed by atoms with van der Waals surface area (Å²) in [6, 6.07) is 17.9. The van der Waals surface area contributed by atoms with Gasteiger partial charge in [0.1, 0.15) is 17.5 Å². The average molecular weight is 425 g/mol. The van der Waals surface area contributed by atoms with E-state index >= 15 is 0 Å². The van der Waals surface area contributed by atoms with Gasteiger partial charge in [0, 0.05) is 23.2 Å². The van der Waals surface area contributed by atoms with Crippen molar-refractivity contribution in [2.75, 3.05) is 5.32 Å². The van der Waals surface area contributed by atoms with Gasteiger partial charge in [0.2, 0.25) is 5.82 Å². The van der Waals surface area contributed by atoms with Crippen molar-refractivity contribution in [2.24, 2.45) is 0 Å². The summed E-state index contributed by atoms with van der Waals surface area (Å²) in [7, 11) is 0. The average Bonchev–Trinajstić information content (AvgIpc) is 3.60. The van der Waals surface area contributed by atoms with E-state index in [0.717, 1.165) is 32.8 Å². The largest absolute Gasteiger partial charge is 0.472 e. The summed E-state index contributed by atoms with van der Waals surface area (Å²) in [5.41, 5.74) is 4.80. The van der Waals surface area contributed by atoms with Crippen LogP contribution in [0.1, 0.15) is 11.1 Å². The molecule has 5 rings (SSSR count). The zero-order valence-corrected chi connectivity index (χ0v) is 16.9. The highest BCUT2D eigenvalue weighted by molar-refractivity contribution is 7.13. The predicted molar refractivity (Wildman–Crippen MR) is 117 cm³/mol. The Kier molecular flexibility index (Phi) is 4.96. The second-order valence-electron chi connectivity index (χ2n) is 6.67.